The Morgan fingerprint density at radius 1 is 1.13 bits per heavy atom. The van der Waals surface area contributed by atoms with Gasteiger partial charge in [-0.05, 0) is 24.3 Å². The van der Waals surface area contributed by atoms with Crippen LogP contribution in [0.4, 0.5) is 21.5 Å². The van der Waals surface area contributed by atoms with Crippen molar-refractivity contribution in [1.29, 1.82) is 0 Å². The zero-order valence-electron chi connectivity index (χ0n) is 12.0. The average Bonchev–Trinajstić information content (AvgIpc) is 2.48. The highest BCUT2D eigenvalue weighted by atomic mass is 19.1. The minimum absolute atomic E-state index is 0.169. The largest absolute Gasteiger partial charge is 0.326 e. The van der Waals surface area contributed by atoms with Gasteiger partial charge in [-0.25, -0.2) is 4.39 Å². The molecule has 0 aliphatic rings. The topological polar surface area (TPSA) is 101 Å². The van der Waals surface area contributed by atoms with Gasteiger partial charge in [-0.1, -0.05) is 6.07 Å². The van der Waals surface area contributed by atoms with E-state index in [0.29, 0.717) is 5.69 Å². The van der Waals surface area contributed by atoms with Crippen molar-refractivity contribution in [1.82, 2.24) is 0 Å². The highest BCUT2D eigenvalue weighted by Gasteiger charge is 2.14. The maximum absolute atomic E-state index is 13.7. The second-order valence-electron chi connectivity index (χ2n) is 4.64. The fourth-order valence-corrected chi connectivity index (χ4v) is 1.86. The number of hydrogen-bond donors (Lipinski definition) is 2. The van der Waals surface area contributed by atoms with E-state index in [-0.39, 0.29) is 22.8 Å². The van der Waals surface area contributed by atoms with E-state index in [1.807, 2.05) is 0 Å². The molecule has 0 radical (unpaired) electrons. The molecule has 2 N–H and O–H groups in total. The average molecular weight is 317 g/mol. The fraction of sp³-hybridized carbons (Fsp3) is 0.0667. The molecule has 0 fully saturated rings. The molecular formula is C15H12FN3O4. The summed E-state index contributed by atoms with van der Waals surface area (Å²) in [5.74, 6) is -1.74. The summed E-state index contributed by atoms with van der Waals surface area (Å²) in [5, 5.41) is 15.5. The summed E-state index contributed by atoms with van der Waals surface area (Å²) < 4.78 is 13.7. The first-order chi connectivity index (χ1) is 10.9. The lowest BCUT2D eigenvalue weighted by molar-refractivity contribution is -0.384. The van der Waals surface area contributed by atoms with Gasteiger partial charge in [-0.15, -0.1) is 0 Å². The lowest BCUT2D eigenvalue weighted by Crippen LogP contribution is -2.14. The number of nitrogens with zero attached hydrogens (tertiary/aromatic N) is 1. The molecule has 0 unspecified atom stereocenters. The molecule has 0 saturated heterocycles. The van der Waals surface area contributed by atoms with Crippen molar-refractivity contribution in [3.63, 3.8) is 0 Å². The summed E-state index contributed by atoms with van der Waals surface area (Å²) in [7, 11) is 0. The van der Waals surface area contributed by atoms with Crippen LogP contribution in [0.5, 0.6) is 0 Å². The molecule has 23 heavy (non-hydrogen) atoms. The minimum Gasteiger partial charge on any atom is -0.326 e. The summed E-state index contributed by atoms with van der Waals surface area (Å²) in [6.07, 6.45) is 0. The molecule has 2 rings (SSSR count). The van der Waals surface area contributed by atoms with Crippen molar-refractivity contribution in [3.05, 3.63) is 64.0 Å². The van der Waals surface area contributed by atoms with Crippen LogP contribution in [0.2, 0.25) is 0 Å². The number of nitro benzene ring substituents is 1. The second-order valence-corrected chi connectivity index (χ2v) is 4.64. The molecule has 8 heteroatoms. The van der Waals surface area contributed by atoms with E-state index in [4.69, 9.17) is 0 Å². The minimum atomic E-state index is -0.790. The van der Waals surface area contributed by atoms with Crippen molar-refractivity contribution in [2.24, 2.45) is 0 Å². The summed E-state index contributed by atoms with van der Waals surface area (Å²) in [6, 6.07) is 8.85. The van der Waals surface area contributed by atoms with Gasteiger partial charge in [-0.2, -0.15) is 0 Å². The Kier molecular flexibility index (Phi) is 4.65. The van der Waals surface area contributed by atoms with Crippen LogP contribution in [-0.4, -0.2) is 16.7 Å². The molecule has 0 aliphatic carbocycles. The van der Waals surface area contributed by atoms with Gasteiger partial charge in [0, 0.05) is 30.3 Å². The van der Waals surface area contributed by atoms with E-state index in [1.165, 1.54) is 19.1 Å². The highest BCUT2D eigenvalue weighted by Crippen LogP contribution is 2.22. The number of carbonyl (C=O) groups excluding carboxylic acids is 2. The summed E-state index contributed by atoms with van der Waals surface area (Å²) in [5.41, 5.74) is -0.0605. The van der Waals surface area contributed by atoms with Gasteiger partial charge in [0.25, 0.3) is 11.6 Å². The standard InChI is InChI=1S/C15H12FN3O4/c1-9(20)17-11-4-2-3-10(7-11)15(21)18-14-8-12(19(22)23)5-6-13(14)16/h2-8H,1H3,(H,17,20)(H,18,21). The number of benzene rings is 2. The van der Waals surface area contributed by atoms with Gasteiger partial charge in [0.2, 0.25) is 5.91 Å². The Balaban J connectivity index is 2.24. The van der Waals surface area contributed by atoms with Crippen LogP contribution in [0.15, 0.2) is 42.5 Å². The summed E-state index contributed by atoms with van der Waals surface area (Å²) >= 11 is 0. The monoisotopic (exact) mass is 317 g/mol. The molecular weight excluding hydrogens is 305 g/mol. The smallest absolute Gasteiger partial charge is 0.271 e. The predicted octanol–water partition coefficient (Wildman–Crippen LogP) is 2.94. The summed E-state index contributed by atoms with van der Waals surface area (Å²) in [4.78, 5) is 33.1. The van der Waals surface area contributed by atoms with Crippen LogP contribution in [-0.2, 0) is 4.79 Å². The van der Waals surface area contributed by atoms with Crippen molar-refractivity contribution in [2.75, 3.05) is 10.6 Å². The third-order valence-corrected chi connectivity index (χ3v) is 2.85. The number of non-ortho nitro benzene ring substituents is 1. The van der Waals surface area contributed by atoms with Crippen LogP contribution in [0.3, 0.4) is 0 Å². The molecule has 118 valence electrons. The SMILES string of the molecule is CC(=O)Nc1cccc(C(=O)Nc2cc([N+](=O)[O-])ccc2F)c1. The molecule has 0 atom stereocenters. The van der Waals surface area contributed by atoms with Gasteiger partial charge in [0.05, 0.1) is 10.6 Å². The Labute approximate surface area is 130 Å². The maximum Gasteiger partial charge on any atom is 0.271 e. The van der Waals surface area contributed by atoms with Crippen LogP contribution in [0.25, 0.3) is 0 Å². The third-order valence-electron chi connectivity index (χ3n) is 2.85. The first-order valence-electron chi connectivity index (χ1n) is 6.50. The van der Waals surface area contributed by atoms with Gasteiger partial charge >= 0.3 is 0 Å². The first kappa shape index (κ1) is 16.1. The third kappa shape index (κ3) is 4.10. The van der Waals surface area contributed by atoms with Gasteiger partial charge in [0.15, 0.2) is 0 Å². The lowest BCUT2D eigenvalue weighted by Gasteiger charge is -2.08. The van der Waals surface area contributed by atoms with Crippen molar-refractivity contribution >= 4 is 28.9 Å². The number of amides is 2. The molecule has 0 aromatic heterocycles. The lowest BCUT2D eigenvalue weighted by atomic mass is 10.1. The van der Waals surface area contributed by atoms with E-state index in [2.05, 4.69) is 10.6 Å². The molecule has 7 nitrogen and oxygen atoms in total. The Morgan fingerprint density at radius 3 is 2.52 bits per heavy atom. The normalized spacial score (nSPS) is 10.0. The molecule has 2 amide bonds. The number of carbonyl (C=O) groups is 2. The van der Waals surface area contributed by atoms with Crippen molar-refractivity contribution in [3.8, 4) is 0 Å². The van der Waals surface area contributed by atoms with Crippen LogP contribution in [0, 0.1) is 15.9 Å². The zero-order valence-corrected chi connectivity index (χ0v) is 12.0. The Hall–Kier alpha value is -3.29. The van der Waals surface area contributed by atoms with Crippen molar-refractivity contribution < 1.29 is 18.9 Å². The molecule has 0 aliphatic heterocycles. The quantitative estimate of drug-likeness (QED) is 0.668. The highest BCUT2D eigenvalue weighted by molar-refractivity contribution is 6.05. The number of rotatable bonds is 4. The van der Waals surface area contributed by atoms with E-state index >= 15 is 0 Å². The number of anilines is 2. The molecule has 0 heterocycles. The first-order valence-corrected chi connectivity index (χ1v) is 6.50. The zero-order chi connectivity index (χ0) is 17.0. The van der Waals surface area contributed by atoms with Crippen LogP contribution in [0.1, 0.15) is 17.3 Å². The van der Waals surface area contributed by atoms with Crippen molar-refractivity contribution in [2.45, 2.75) is 6.92 Å². The number of halogens is 1. The summed E-state index contributed by atoms with van der Waals surface area (Å²) in [6.45, 7) is 1.32. The predicted molar refractivity (Wildman–Crippen MR) is 81.8 cm³/mol. The number of hydrogen-bond acceptors (Lipinski definition) is 4. The van der Waals surface area contributed by atoms with Gasteiger partial charge in [-0.3, -0.25) is 19.7 Å². The Bertz CT molecular complexity index is 792. The van der Waals surface area contributed by atoms with Gasteiger partial charge in [0.1, 0.15) is 5.82 Å². The van der Waals surface area contributed by atoms with E-state index in [1.54, 1.807) is 12.1 Å². The maximum atomic E-state index is 13.7. The molecule has 0 bridgehead atoms. The van der Waals surface area contributed by atoms with E-state index < -0.39 is 16.6 Å². The number of nitro groups is 1. The number of nitrogens with one attached hydrogen (secondary N) is 2. The Morgan fingerprint density at radius 2 is 1.87 bits per heavy atom. The van der Waals surface area contributed by atoms with Crippen LogP contribution >= 0.6 is 0 Å². The van der Waals surface area contributed by atoms with Gasteiger partial charge < -0.3 is 10.6 Å². The fourth-order valence-electron chi connectivity index (χ4n) is 1.86. The van der Waals surface area contributed by atoms with Crippen LogP contribution < -0.4 is 10.6 Å². The molecule has 2 aromatic carbocycles. The molecule has 0 saturated carbocycles. The molecule has 0 spiro atoms. The van der Waals surface area contributed by atoms with E-state index in [0.717, 1.165) is 18.2 Å². The molecule has 2 aromatic rings. The second kappa shape index (κ2) is 6.65. The van der Waals surface area contributed by atoms with E-state index in [9.17, 15) is 24.1 Å².